The first kappa shape index (κ1) is 11.2. The molecule has 3 nitrogen and oxygen atoms in total. The van der Waals surface area contributed by atoms with Crippen molar-refractivity contribution >= 4 is 5.91 Å². The van der Waals surface area contributed by atoms with Gasteiger partial charge in [-0.05, 0) is 19.9 Å². The van der Waals surface area contributed by atoms with Crippen LogP contribution in [-0.4, -0.2) is 18.5 Å². The van der Waals surface area contributed by atoms with Crippen LogP contribution < -0.4 is 11.1 Å². The van der Waals surface area contributed by atoms with Crippen LogP contribution in [0, 0.1) is 0 Å². The molecule has 12 heavy (non-hydrogen) atoms. The largest absolute Gasteiger partial charge is 0.366 e. The maximum absolute atomic E-state index is 10.7. The quantitative estimate of drug-likeness (QED) is 0.600. The summed E-state index contributed by atoms with van der Waals surface area (Å²) >= 11 is 0. The molecule has 0 aliphatic heterocycles. The summed E-state index contributed by atoms with van der Waals surface area (Å²) in [7, 11) is 0. The van der Waals surface area contributed by atoms with Gasteiger partial charge in [0, 0.05) is 11.6 Å². The number of carbonyl (C=O) groups excluding carboxylic acids is 1. The lowest BCUT2D eigenvalue weighted by atomic mass is 10.1. The van der Waals surface area contributed by atoms with Gasteiger partial charge >= 0.3 is 0 Å². The summed E-state index contributed by atoms with van der Waals surface area (Å²) in [6.07, 6.45) is 2.85. The predicted octanol–water partition coefficient (Wildman–Crippen LogP) is 0.806. The highest BCUT2D eigenvalue weighted by molar-refractivity contribution is 5.91. The van der Waals surface area contributed by atoms with E-state index in [1.54, 1.807) is 6.92 Å². The van der Waals surface area contributed by atoms with Gasteiger partial charge in [0.25, 0.3) is 0 Å². The second-order valence-electron chi connectivity index (χ2n) is 2.79. The molecule has 0 radical (unpaired) electrons. The van der Waals surface area contributed by atoms with Crippen LogP contribution in [0.2, 0.25) is 0 Å². The Kier molecular flexibility index (Phi) is 5.37. The third-order valence-corrected chi connectivity index (χ3v) is 1.75. The van der Waals surface area contributed by atoms with Crippen LogP contribution >= 0.6 is 0 Å². The van der Waals surface area contributed by atoms with Gasteiger partial charge in [-0.25, -0.2) is 0 Å². The maximum Gasteiger partial charge on any atom is 0.244 e. The molecular weight excluding hydrogens is 152 g/mol. The molecule has 0 saturated carbocycles. The van der Waals surface area contributed by atoms with Crippen LogP contribution in [-0.2, 0) is 4.79 Å². The van der Waals surface area contributed by atoms with Crippen molar-refractivity contribution in [2.75, 3.05) is 6.54 Å². The maximum atomic E-state index is 10.7. The lowest BCUT2D eigenvalue weighted by molar-refractivity contribution is -0.114. The molecule has 3 heteroatoms. The van der Waals surface area contributed by atoms with Gasteiger partial charge in [0.2, 0.25) is 5.91 Å². The molecule has 0 rings (SSSR count). The summed E-state index contributed by atoms with van der Waals surface area (Å²) in [6, 6.07) is 0.266. The fraction of sp³-hybridized carbons (Fsp3) is 0.667. The predicted molar refractivity (Wildman–Crippen MR) is 50.7 cm³/mol. The third kappa shape index (κ3) is 4.13. The molecule has 0 aromatic carbocycles. The standard InChI is InChI=1S/C9H18N2O/c1-4-8(11-5-2)6-7(3)9(10)12/h6,8,11H,4-5H2,1-3H3,(H2,10,12). The van der Waals surface area contributed by atoms with Gasteiger partial charge in [-0.15, -0.1) is 0 Å². The minimum absolute atomic E-state index is 0.266. The fourth-order valence-electron chi connectivity index (χ4n) is 0.967. The van der Waals surface area contributed by atoms with Gasteiger partial charge in [0.05, 0.1) is 0 Å². The van der Waals surface area contributed by atoms with Crippen LogP contribution in [0.15, 0.2) is 11.6 Å². The number of hydrogen-bond donors (Lipinski definition) is 2. The van der Waals surface area contributed by atoms with Crippen molar-refractivity contribution < 1.29 is 4.79 Å². The molecule has 1 amide bonds. The molecular formula is C9H18N2O. The van der Waals surface area contributed by atoms with Crippen LogP contribution in [0.1, 0.15) is 27.2 Å². The zero-order valence-corrected chi connectivity index (χ0v) is 8.05. The van der Waals surface area contributed by atoms with Gasteiger partial charge in [0.1, 0.15) is 0 Å². The number of primary amides is 1. The molecule has 0 aliphatic rings. The van der Waals surface area contributed by atoms with E-state index in [2.05, 4.69) is 12.2 Å². The van der Waals surface area contributed by atoms with Crippen molar-refractivity contribution in [3.8, 4) is 0 Å². The summed E-state index contributed by atoms with van der Waals surface area (Å²) in [5, 5.41) is 3.23. The van der Waals surface area contributed by atoms with Crippen LogP contribution in [0.5, 0.6) is 0 Å². The first-order valence-corrected chi connectivity index (χ1v) is 4.33. The highest BCUT2D eigenvalue weighted by atomic mass is 16.1. The Balaban J connectivity index is 4.14. The normalized spacial score (nSPS) is 14.4. The zero-order valence-electron chi connectivity index (χ0n) is 8.05. The van der Waals surface area contributed by atoms with E-state index in [1.165, 1.54) is 0 Å². The van der Waals surface area contributed by atoms with Crippen LogP contribution in [0.3, 0.4) is 0 Å². The highest BCUT2D eigenvalue weighted by Gasteiger charge is 2.03. The van der Waals surface area contributed by atoms with Gasteiger partial charge < -0.3 is 11.1 Å². The molecule has 1 unspecified atom stereocenters. The molecule has 0 saturated heterocycles. The Hall–Kier alpha value is -0.830. The van der Waals surface area contributed by atoms with Gasteiger partial charge in [-0.3, -0.25) is 4.79 Å². The molecule has 0 fully saturated rings. The van der Waals surface area contributed by atoms with Crippen LogP contribution in [0.25, 0.3) is 0 Å². The molecule has 0 spiro atoms. The summed E-state index contributed by atoms with van der Waals surface area (Å²) in [4.78, 5) is 10.7. The number of carbonyl (C=O) groups is 1. The minimum Gasteiger partial charge on any atom is -0.366 e. The van der Waals surface area contributed by atoms with Crippen molar-refractivity contribution in [1.29, 1.82) is 0 Å². The first-order valence-electron chi connectivity index (χ1n) is 4.33. The number of amides is 1. The zero-order chi connectivity index (χ0) is 9.56. The van der Waals surface area contributed by atoms with E-state index in [1.807, 2.05) is 13.0 Å². The lowest BCUT2D eigenvalue weighted by Gasteiger charge is -2.11. The molecule has 0 aliphatic carbocycles. The second kappa shape index (κ2) is 5.77. The Morgan fingerprint density at radius 1 is 1.58 bits per heavy atom. The summed E-state index contributed by atoms with van der Waals surface area (Å²) < 4.78 is 0. The van der Waals surface area contributed by atoms with E-state index in [9.17, 15) is 4.79 Å². The van der Waals surface area contributed by atoms with Gasteiger partial charge in [-0.1, -0.05) is 19.9 Å². The first-order chi connectivity index (χ1) is 5.61. The van der Waals surface area contributed by atoms with Crippen molar-refractivity contribution in [3.63, 3.8) is 0 Å². The number of hydrogen-bond acceptors (Lipinski definition) is 2. The molecule has 1 atom stereocenters. The van der Waals surface area contributed by atoms with Crippen molar-refractivity contribution in [2.24, 2.45) is 5.73 Å². The minimum atomic E-state index is -0.341. The SMILES string of the molecule is CCNC(C=C(C)C(N)=O)CC. The molecule has 0 aromatic rings. The number of nitrogens with two attached hydrogens (primary N) is 1. The molecule has 70 valence electrons. The number of nitrogens with one attached hydrogen (secondary N) is 1. The number of likely N-dealkylation sites (N-methyl/N-ethyl adjacent to an activating group) is 1. The second-order valence-corrected chi connectivity index (χ2v) is 2.79. The topological polar surface area (TPSA) is 55.1 Å². The average molecular weight is 170 g/mol. The monoisotopic (exact) mass is 170 g/mol. The summed E-state index contributed by atoms with van der Waals surface area (Å²) in [5.74, 6) is -0.341. The highest BCUT2D eigenvalue weighted by Crippen LogP contribution is 1.98. The lowest BCUT2D eigenvalue weighted by Crippen LogP contribution is -2.27. The Morgan fingerprint density at radius 2 is 2.17 bits per heavy atom. The van der Waals surface area contributed by atoms with E-state index in [0.717, 1.165) is 13.0 Å². The molecule has 3 N–H and O–H groups in total. The Morgan fingerprint density at radius 3 is 2.50 bits per heavy atom. The molecule has 0 heterocycles. The Bertz CT molecular complexity index is 175. The van der Waals surface area contributed by atoms with Gasteiger partial charge in [0.15, 0.2) is 0 Å². The third-order valence-electron chi connectivity index (χ3n) is 1.75. The fourth-order valence-corrected chi connectivity index (χ4v) is 0.967. The average Bonchev–Trinajstić information content (AvgIpc) is 2.03. The van der Waals surface area contributed by atoms with Crippen molar-refractivity contribution in [3.05, 3.63) is 11.6 Å². The van der Waals surface area contributed by atoms with E-state index in [-0.39, 0.29) is 11.9 Å². The van der Waals surface area contributed by atoms with E-state index < -0.39 is 0 Å². The van der Waals surface area contributed by atoms with Crippen LogP contribution in [0.4, 0.5) is 0 Å². The van der Waals surface area contributed by atoms with Crippen molar-refractivity contribution in [2.45, 2.75) is 33.2 Å². The molecule has 0 bridgehead atoms. The van der Waals surface area contributed by atoms with Crippen molar-refractivity contribution in [1.82, 2.24) is 5.32 Å². The van der Waals surface area contributed by atoms with E-state index in [0.29, 0.717) is 5.57 Å². The summed E-state index contributed by atoms with van der Waals surface area (Å²) in [6.45, 7) is 6.75. The van der Waals surface area contributed by atoms with E-state index >= 15 is 0 Å². The molecule has 0 aromatic heterocycles. The number of rotatable bonds is 5. The van der Waals surface area contributed by atoms with E-state index in [4.69, 9.17) is 5.73 Å². The van der Waals surface area contributed by atoms with Gasteiger partial charge in [-0.2, -0.15) is 0 Å². The smallest absolute Gasteiger partial charge is 0.244 e. The summed E-state index contributed by atoms with van der Waals surface area (Å²) in [5.41, 5.74) is 5.73. The Labute approximate surface area is 74.0 Å².